The van der Waals surface area contributed by atoms with Gasteiger partial charge in [-0.15, -0.1) is 4.91 Å². The standard InChI is InChI=1S/C12H11NO3/c1-2-7-11(14)9-6-4-3-5-8(9)10(13-16)12(7)15/h3-6,14-15H,2H2,1H3. The van der Waals surface area contributed by atoms with Crippen molar-refractivity contribution in [2.24, 2.45) is 5.18 Å². The lowest BCUT2D eigenvalue weighted by Crippen LogP contribution is -1.86. The Bertz CT molecular complexity index is 564. The number of hydrogen-bond donors (Lipinski definition) is 2. The number of nitrogens with zero attached hydrogens (tertiary/aromatic N) is 1. The molecule has 0 heterocycles. The summed E-state index contributed by atoms with van der Waals surface area (Å²) < 4.78 is 0. The number of rotatable bonds is 2. The summed E-state index contributed by atoms with van der Waals surface area (Å²) in [7, 11) is 0. The molecule has 16 heavy (non-hydrogen) atoms. The van der Waals surface area contributed by atoms with E-state index in [0.29, 0.717) is 22.8 Å². The first-order valence-electron chi connectivity index (χ1n) is 4.99. The molecule has 0 atom stereocenters. The molecular formula is C12H11NO3. The molecule has 2 aromatic rings. The molecule has 0 aliphatic rings. The average Bonchev–Trinajstić information content (AvgIpc) is 2.30. The zero-order valence-corrected chi connectivity index (χ0v) is 8.77. The molecule has 0 bridgehead atoms. The minimum atomic E-state index is -0.228. The second-order valence-corrected chi connectivity index (χ2v) is 3.51. The van der Waals surface area contributed by atoms with Gasteiger partial charge in [-0.1, -0.05) is 31.2 Å². The topological polar surface area (TPSA) is 69.9 Å². The van der Waals surface area contributed by atoms with Gasteiger partial charge in [-0.05, 0) is 11.6 Å². The van der Waals surface area contributed by atoms with Crippen LogP contribution >= 0.6 is 0 Å². The second-order valence-electron chi connectivity index (χ2n) is 3.51. The molecule has 4 heteroatoms. The van der Waals surface area contributed by atoms with E-state index in [1.54, 1.807) is 31.2 Å². The van der Waals surface area contributed by atoms with Crippen molar-refractivity contribution in [3.05, 3.63) is 34.7 Å². The summed E-state index contributed by atoms with van der Waals surface area (Å²) in [5, 5.41) is 23.6. The fourth-order valence-corrected chi connectivity index (χ4v) is 1.87. The largest absolute Gasteiger partial charge is 0.507 e. The third kappa shape index (κ3) is 1.31. The van der Waals surface area contributed by atoms with Gasteiger partial charge < -0.3 is 10.2 Å². The first-order chi connectivity index (χ1) is 7.70. The highest BCUT2D eigenvalue weighted by molar-refractivity contribution is 6.00. The van der Waals surface area contributed by atoms with Crippen LogP contribution in [0.2, 0.25) is 0 Å². The van der Waals surface area contributed by atoms with Gasteiger partial charge in [-0.25, -0.2) is 0 Å². The monoisotopic (exact) mass is 217 g/mol. The molecule has 4 nitrogen and oxygen atoms in total. The molecule has 2 aromatic carbocycles. The zero-order chi connectivity index (χ0) is 11.7. The van der Waals surface area contributed by atoms with Crippen molar-refractivity contribution in [2.45, 2.75) is 13.3 Å². The molecule has 0 fully saturated rings. The first-order valence-corrected chi connectivity index (χ1v) is 4.99. The lowest BCUT2D eigenvalue weighted by molar-refractivity contribution is 0.445. The zero-order valence-electron chi connectivity index (χ0n) is 8.77. The van der Waals surface area contributed by atoms with Crippen molar-refractivity contribution < 1.29 is 10.2 Å². The first kappa shape index (κ1) is 10.4. The van der Waals surface area contributed by atoms with Crippen LogP contribution in [0.15, 0.2) is 29.4 Å². The maximum atomic E-state index is 10.7. The molecule has 0 aromatic heterocycles. The number of phenols is 2. The maximum absolute atomic E-state index is 10.7. The van der Waals surface area contributed by atoms with Crippen LogP contribution in [0.4, 0.5) is 5.69 Å². The molecule has 0 aliphatic heterocycles. The van der Waals surface area contributed by atoms with Crippen LogP contribution in [-0.4, -0.2) is 10.2 Å². The van der Waals surface area contributed by atoms with Crippen molar-refractivity contribution in [2.75, 3.05) is 0 Å². The van der Waals surface area contributed by atoms with Gasteiger partial charge in [0.1, 0.15) is 5.75 Å². The maximum Gasteiger partial charge on any atom is 0.157 e. The number of fused-ring (bicyclic) bond motifs is 1. The summed E-state index contributed by atoms with van der Waals surface area (Å²) in [5.41, 5.74) is 0.346. The van der Waals surface area contributed by atoms with Crippen LogP contribution in [0.5, 0.6) is 11.5 Å². The molecule has 0 saturated heterocycles. The molecule has 0 saturated carbocycles. The highest BCUT2D eigenvalue weighted by atomic mass is 16.3. The highest BCUT2D eigenvalue weighted by Crippen LogP contribution is 2.44. The van der Waals surface area contributed by atoms with E-state index >= 15 is 0 Å². The number of hydrogen-bond acceptors (Lipinski definition) is 4. The normalized spacial score (nSPS) is 10.6. The van der Waals surface area contributed by atoms with Crippen LogP contribution in [0.1, 0.15) is 12.5 Å². The van der Waals surface area contributed by atoms with E-state index in [1.807, 2.05) is 0 Å². The van der Waals surface area contributed by atoms with E-state index < -0.39 is 0 Å². The van der Waals surface area contributed by atoms with Crippen LogP contribution in [-0.2, 0) is 6.42 Å². The number of benzene rings is 2. The number of nitroso groups, excluding NO2 is 1. The Hall–Kier alpha value is -2.10. The summed E-state index contributed by atoms with van der Waals surface area (Å²) in [4.78, 5) is 10.7. The van der Waals surface area contributed by atoms with Gasteiger partial charge in [0.25, 0.3) is 0 Å². The highest BCUT2D eigenvalue weighted by Gasteiger charge is 2.17. The molecule has 0 unspecified atom stereocenters. The molecule has 0 amide bonds. The minimum absolute atomic E-state index is 0.00903. The SMILES string of the molecule is CCc1c(O)c(N=O)c2ccccc2c1O. The minimum Gasteiger partial charge on any atom is -0.507 e. The van der Waals surface area contributed by atoms with Gasteiger partial charge in [-0.2, -0.15) is 0 Å². The van der Waals surface area contributed by atoms with Gasteiger partial charge in [0.15, 0.2) is 11.4 Å². The lowest BCUT2D eigenvalue weighted by atomic mass is 10.0. The van der Waals surface area contributed by atoms with E-state index in [-0.39, 0.29) is 17.2 Å². The smallest absolute Gasteiger partial charge is 0.157 e. The van der Waals surface area contributed by atoms with Crippen LogP contribution in [0.3, 0.4) is 0 Å². The van der Waals surface area contributed by atoms with E-state index in [9.17, 15) is 15.1 Å². The molecule has 2 N–H and O–H groups in total. The van der Waals surface area contributed by atoms with E-state index in [2.05, 4.69) is 5.18 Å². The van der Waals surface area contributed by atoms with E-state index in [4.69, 9.17) is 0 Å². The quantitative estimate of drug-likeness (QED) is 0.759. The van der Waals surface area contributed by atoms with Crippen molar-refractivity contribution >= 4 is 16.5 Å². The predicted molar refractivity (Wildman–Crippen MR) is 62.1 cm³/mol. The summed E-state index contributed by atoms with van der Waals surface area (Å²) >= 11 is 0. The van der Waals surface area contributed by atoms with Gasteiger partial charge in [-0.3, -0.25) is 0 Å². The second kappa shape index (κ2) is 3.81. The Kier molecular flexibility index (Phi) is 2.48. The van der Waals surface area contributed by atoms with Crippen molar-refractivity contribution in [1.29, 1.82) is 0 Å². The van der Waals surface area contributed by atoms with Crippen LogP contribution in [0.25, 0.3) is 10.8 Å². The van der Waals surface area contributed by atoms with E-state index in [0.717, 1.165) is 0 Å². The van der Waals surface area contributed by atoms with Gasteiger partial charge in [0.2, 0.25) is 0 Å². The molecule has 0 radical (unpaired) electrons. The Labute approximate surface area is 92.1 Å². The number of phenolic OH excluding ortho intramolecular Hbond substituents is 2. The van der Waals surface area contributed by atoms with Crippen molar-refractivity contribution in [3.8, 4) is 11.5 Å². The Morgan fingerprint density at radius 2 is 1.75 bits per heavy atom. The fraction of sp³-hybridized carbons (Fsp3) is 0.167. The van der Waals surface area contributed by atoms with Gasteiger partial charge >= 0.3 is 0 Å². The summed E-state index contributed by atoms with van der Waals surface area (Å²) in [6, 6.07) is 6.82. The molecule has 2 rings (SSSR count). The Morgan fingerprint density at radius 1 is 1.12 bits per heavy atom. The number of aromatic hydroxyl groups is 2. The summed E-state index contributed by atoms with van der Waals surface area (Å²) in [5.74, 6) is -0.211. The molecule has 0 spiro atoms. The Morgan fingerprint density at radius 3 is 2.31 bits per heavy atom. The summed E-state index contributed by atoms with van der Waals surface area (Å²) in [6.07, 6.45) is 0.436. The molecular weight excluding hydrogens is 206 g/mol. The molecule has 82 valence electrons. The van der Waals surface area contributed by atoms with Crippen LogP contribution in [0, 0.1) is 4.91 Å². The predicted octanol–water partition coefficient (Wildman–Crippen LogP) is 3.21. The molecule has 0 aliphatic carbocycles. The third-order valence-electron chi connectivity index (χ3n) is 2.68. The third-order valence-corrected chi connectivity index (χ3v) is 2.68. The summed E-state index contributed by atoms with van der Waals surface area (Å²) in [6.45, 7) is 1.79. The van der Waals surface area contributed by atoms with Gasteiger partial charge in [0.05, 0.1) is 0 Å². The van der Waals surface area contributed by atoms with E-state index in [1.165, 1.54) is 0 Å². The fourth-order valence-electron chi connectivity index (χ4n) is 1.87. The van der Waals surface area contributed by atoms with Crippen molar-refractivity contribution in [3.63, 3.8) is 0 Å². The average molecular weight is 217 g/mol. The Balaban J connectivity index is 2.99. The lowest BCUT2D eigenvalue weighted by Gasteiger charge is -2.10. The van der Waals surface area contributed by atoms with Gasteiger partial charge in [0, 0.05) is 16.3 Å². The van der Waals surface area contributed by atoms with Crippen LogP contribution < -0.4 is 0 Å². The van der Waals surface area contributed by atoms with Crippen molar-refractivity contribution in [1.82, 2.24) is 0 Å².